The van der Waals surface area contributed by atoms with Gasteiger partial charge < -0.3 is 15.4 Å². The zero-order chi connectivity index (χ0) is 20.4. The molecule has 0 fully saturated rings. The summed E-state index contributed by atoms with van der Waals surface area (Å²) in [5.41, 5.74) is 3.23. The van der Waals surface area contributed by atoms with Crippen molar-refractivity contribution in [3.05, 3.63) is 77.3 Å². The number of fused-ring (bicyclic) bond motifs is 1. The van der Waals surface area contributed by atoms with Crippen LogP contribution in [0.15, 0.2) is 66.1 Å². The molecule has 0 spiro atoms. The molecule has 1 aliphatic rings. The number of ether oxygens (including phenoxy) is 1. The summed E-state index contributed by atoms with van der Waals surface area (Å²) in [5, 5.41) is 19.4. The van der Waals surface area contributed by atoms with E-state index < -0.39 is 6.04 Å². The van der Waals surface area contributed by atoms with E-state index in [0.717, 1.165) is 5.56 Å². The zero-order valence-corrected chi connectivity index (χ0v) is 15.9. The van der Waals surface area contributed by atoms with Crippen LogP contribution in [0.3, 0.4) is 0 Å². The summed E-state index contributed by atoms with van der Waals surface area (Å²) in [7, 11) is 1.59. The molecule has 144 valence electrons. The van der Waals surface area contributed by atoms with Gasteiger partial charge >= 0.3 is 0 Å². The van der Waals surface area contributed by atoms with Crippen LogP contribution < -0.4 is 15.4 Å². The molecule has 0 saturated carbocycles. The second kappa shape index (κ2) is 7.48. The maximum Gasteiger partial charge on any atom is 0.255 e. The molecule has 2 aromatic carbocycles. The summed E-state index contributed by atoms with van der Waals surface area (Å²) in [5.74, 6) is 1.01. The third-order valence-electron chi connectivity index (χ3n) is 4.74. The molecule has 0 saturated heterocycles. The summed E-state index contributed by atoms with van der Waals surface area (Å²) in [6.45, 7) is 1.83. The first-order valence-electron chi connectivity index (χ1n) is 8.93. The van der Waals surface area contributed by atoms with Crippen molar-refractivity contribution in [1.29, 1.82) is 5.26 Å². The number of hydrogen-bond donors (Lipinski definition) is 2. The molecule has 3 aromatic rings. The Hall–Kier alpha value is -4.12. The first-order valence-corrected chi connectivity index (χ1v) is 8.93. The molecule has 4 rings (SSSR count). The van der Waals surface area contributed by atoms with E-state index >= 15 is 0 Å². The molecule has 2 N–H and O–H groups in total. The molecular weight excluding hydrogens is 368 g/mol. The number of carbonyl (C=O) groups excluding carboxylic acids is 1. The number of anilines is 2. The molecule has 8 heteroatoms. The molecule has 0 radical (unpaired) electrons. The predicted octanol–water partition coefficient (Wildman–Crippen LogP) is 3.09. The number of hydrogen-bond acceptors (Lipinski definition) is 6. The maximum absolute atomic E-state index is 13.2. The number of methoxy groups -OCH3 is 1. The first-order chi connectivity index (χ1) is 14.1. The highest BCUT2D eigenvalue weighted by atomic mass is 16.5. The zero-order valence-electron chi connectivity index (χ0n) is 15.9. The van der Waals surface area contributed by atoms with Crippen LogP contribution in [0, 0.1) is 11.3 Å². The average molecular weight is 386 g/mol. The number of carbonyl (C=O) groups is 1. The fourth-order valence-electron chi connectivity index (χ4n) is 3.31. The van der Waals surface area contributed by atoms with Gasteiger partial charge in [0.1, 0.15) is 18.1 Å². The lowest BCUT2D eigenvalue weighted by molar-refractivity contribution is -0.113. The monoisotopic (exact) mass is 386 g/mol. The van der Waals surface area contributed by atoms with Gasteiger partial charge in [-0.05, 0) is 48.9 Å². The lowest BCUT2D eigenvalue weighted by Gasteiger charge is -2.28. The minimum absolute atomic E-state index is 0.254. The minimum Gasteiger partial charge on any atom is -0.497 e. The SMILES string of the molecule is COc1ccc(NC(=O)C2=C(C)Nc3ncnn3[C@H]2c2ccc(C#N)cc2)cc1. The molecule has 1 aliphatic heterocycles. The van der Waals surface area contributed by atoms with Gasteiger partial charge in [-0.3, -0.25) is 4.79 Å². The number of allylic oxidation sites excluding steroid dienone is 1. The van der Waals surface area contributed by atoms with E-state index in [0.29, 0.717) is 34.2 Å². The van der Waals surface area contributed by atoms with Crippen molar-refractivity contribution in [2.24, 2.45) is 0 Å². The number of nitriles is 1. The number of benzene rings is 2. The smallest absolute Gasteiger partial charge is 0.255 e. The van der Waals surface area contributed by atoms with E-state index in [1.807, 2.05) is 19.1 Å². The van der Waals surface area contributed by atoms with E-state index in [9.17, 15) is 4.79 Å². The third-order valence-corrected chi connectivity index (χ3v) is 4.74. The fraction of sp³-hybridized carbons (Fsp3) is 0.143. The molecule has 0 aliphatic carbocycles. The van der Waals surface area contributed by atoms with Gasteiger partial charge in [0.15, 0.2) is 0 Å². The summed E-state index contributed by atoms with van der Waals surface area (Å²) < 4.78 is 6.82. The van der Waals surface area contributed by atoms with Crippen molar-refractivity contribution in [3.63, 3.8) is 0 Å². The summed E-state index contributed by atoms with van der Waals surface area (Å²) in [6.07, 6.45) is 1.44. The van der Waals surface area contributed by atoms with Crippen LogP contribution in [0.25, 0.3) is 0 Å². The van der Waals surface area contributed by atoms with Crippen LogP contribution in [-0.2, 0) is 4.79 Å². The Morgan fingerprint density at radius 1 is 1.21 bits per heavy atom. The van der Waals surface area contributed by atoms with Gasteiger partial charge in [-0.1, -0.05) is 12.1 Å². The molecule has 2 heterocycles. The van der Waals surface area contributed by atoms with Crippen LogP contribution in [0.1, 0.15) is 24.1 Å². The maximum atomic E-state index is 13.2. The Kier molecular flexibility index (Phi) is 4.71. The van der Waals surface area contributed by atoms with Crippen LogP contribution in [-0.4, -0.2) is 27.8 Å². The summed E-state index contributed by atoms with van der Waals surface area (Å²) >= 11 is 0. The minimum atomic E-state index is -0.472. The largest absolute Gasteiger partial charge is 0.497 e. The average Bonchev–Trinajstić information content (AvgIpc) is 3.21. The molecule has 1 amide bonds. The molecule has 1 aromatic heterocycles. The van der Waals surface area contributed by atoms with E-state index in [4.69, 9.17) is 10.00 Å². The third kappa shape index (κ3) is 3.41. The Balaban J connectivity index is 1.71. The van der Waals surface area contributed by atoms with E-state index in [1.165, 1.54) is 6.33 Å². The van der Waals surface area contributed by atoms with Gasteiger partial charge in [0.25, 0.3) is 5.91 Å². The van der Waals surface area contributed by atoms with Crippen LogP contribution in [0.2, 0.25) is 0 Å². The van der Waals surface area contributed by atoms with Crippen LogP contribution >= 0.6 is 0 Å². The summed E-state index contributed by atoms with van der Waals surface area (Å²) in [4.78, 5) is 17.4. The number of aromatic nitrogens is 3. The second-order valence-electron chi connectivity index (χ2n) is 6.51. The van der Waals surface area contributed by atoms with Crippen molar-refractivity contribution in [2.75, 3.05) is 17.7 Å². The molecular formula is C21H18N6O2. The number of rotatable bonds is 4. The Labute approximate surface area is 167 Å². The van der Waals surface area contributed by atoms with Crippen LogP contribution in [0.5, 0.6) is 5.75 Å². The molecule has 8 nitrogen and oxygen atoms in total. The standard InChI is InChI=1S/C21H18N6O2/c1-13-18(20(28)26-16-7-9-17(29-2)10-8-16)19(27-21(25-13)23-12-24-27)15-5-3-14(11-22)4-6-15/h3-10,12,19H,1-2H3,(H,26,28)(H,23,24,25)/t19-/m0/s1. The Morgan fingerprint density at radius 3 is 2.59 bits per heavy atom. The van der Waals surface area contributed by atoms with E-state index in [-0.39, 0.29) is 5.91 Å². The quantitative estimate of drug-likeness (QED) is 0.714. The summed E-state index contributed by atoms with van der Waals surface area (Å²) in [6, 6.07) is 15.9. The number of amides is 1. The highest BCUT2D eigenvalue weighted by Gasteiger charge is 2.33. The van der Waals surface area contributed by atoms with Crippen molar-refractivity contribution >= 4 is 17.5 Å². The normalized spacial score (nSPS) is 15.1. The molecule has 1 atom stereocenters. The number of nitrogens with zero attached hydrogens (tertiary/aromatic N) is 4. The van der Waals surface area contributed by atoms with Crippen molar-refractivity contribution in [3.8, 4) is 11.8 Å². The van der Waals surface area contributed by atoms with E-state index in [2.05, 4.69) is 26.8 Å². The highest BCUT2D eigenvalue weighted by molar-refractivity contribution is 6.06. The fourth-order valence-corrected chi connectivity index (χ4v) is 3.31. The lowest BCUT2D eigenvalue weighted by Crippen LogP contribution is -2.31. The van der Waals surface area contributed by atoms with Gasteiger partial charge in [0, 0.05) is 11.4 Å². The van der Waals surface area contributed by atoms with Crippen molar-refractivity contribution in [2.45, 2.75) is 13.0 Å². The predicted molar refractivity (Wildman–Crippen MR) is 107 cm³/mol. The van der Waals surface area contributed by atoms with Gasteiger partial charge in [-0.2, -0.15) is 15.3 Å². The Morgan fingerprint density at radius 2 is 1.93 bits per heavy atom. The highest BCUT2D eigenvalue weighted by Crippen LogP contribution is 2.35. The second-order valence-corrected chi connectivity index (χ2v) is 6.51. The topological polar surface area (TPSA) is 105 Å². The van der Waals surface area contributed by atoms with E-state index in [1.54, 1.807) is 48.2 Å². The van der Waals surface area contributed by atoms with Crippen molar-refractivity contribution in [1.82, 2.24) is 14.8 Å². The lowest BCUT2D eigenvalue weighted by atomic mass is 9.94. The molecule has 0 bridgehead atoms. The van der Waals surface area contributed by atoms with Gasteiger partial charge in [-0.25, -0.2) is 4.68 Å². The van der Waals surface area contributed by atoms with Gasteiger partial charge in [0.2, 0.25) is 5.95 Å². The van der Waals surface area contributed by atoms with Crippen LogP contribution in [0.4, 0.5) is 11.6 Å². The first kappa shape index (κ1) is 18.3. The molecule has 29 heavy (non-hydrogen) atoms. The van der Waals surface area contributed by atoms with Gasteiger partial charge in [0.05, 0.1) is 24.3 Å². The van der Waals surface area contributed by atoms with Gasteiger partial charge in [-0.15, -0.1) is 0 Å². The Bertz CT molecular complexity index is 1120. The molecule has 0 unspecified atom stereocenters. The van der Waals surface area contributed by atoms with Crippen molar-refractivity contribution < 1.29 is 9.53 Å². The number of nitrogens with one attached hydrogen (secondary N) is 2.